The molecule has 3 aromatic rings. The van der Waals surface area contributed by atoms with Crippen LogP contribution in [0.3, 0.4) is 0 Å². The van der Waals surface area contributed by atoms with Gasteiger partial charge >= 0.3 is 6.03 Å². The van der Waals surface area contributed by atoms with E-state index in [1.807, 2.05) is 67.6 Å². The first-order valence-corrected chi connectivity index (χ1v) is 11.5. The molecule has 30 heavy (non-hydrogen) atoms. The Kier molecular flexibility index (Phi) is 8.34. The fourth-order valence-electron chi connectivity index (χ4n) is 2.56. The van der Waals surface area contributed by atoms with Gasteiger partial charge in [-0.05, 0) is 99.1 Å². The molecule has 0 aromatic heterocycles. The maximum absolute atomic E-state index is 12.0. The van der Waals surface area contributed by atoms with E-state index in [9.17, 15) is 4.79 Å². The molecule has 0 bridgehead atoms. The van der Waals surface area contributed by atoms with Crippen molar-refractivity contribution in [1.82, 2.24) is 5.43 Å². The summed E-state index contributed by atoms with van der Waals surface area (Å²) < 4.78 is 7.90. The number of halogens is 3. The second-order valence-electron chi connectivity index (χ2n) is 6.37. The summed E-state index contributed by atoms with van der Waals surface area (Å²) in [5.41, 5.74) is 6.11. The highest BCUT2D eigenvalue weighted by atomic mass is 127. The predicted octanol–water partition coefficient (Wildman–Crippen LogP) is 6.59. The third kappa shape index (κ3) is 6.58. The van der Waals surface area contributed by atoms with Gasteiger partial charge in [0.1, 0.15) is 12.4 Å². The number of hydrogen-bond donors (Lipinski definition) is 2. The van der Waals surface area contributed by atoms with Crippen molar-refractivity contribution in [3.8, 4) is 5.75 Å². The van der Waals surface area contributed by atoms with Crippen LogP contribution in [-0.2, 0) is 6.61 Å². The van der Waals surface area contributed by atoms with E-state index < -0.39 is 6.03 Å². The summed E-state index contributed by atoms with van der Waals surface area (Å²) in [4.78, 5) is 12.0. The molecule has 2 amide bonds. The first-order valence-electron chi connectivity index (χ1n) is 8.94. The molecule has 154 valence electrons. The number of rotatable bonds is 6. The van der Waals surface area contributed by atoms with Crippen LogP contribution in [0.4, 0.5) is 10.5 Å². The Morgan fingerprint density at radius 1 is 1.10 bits per heavy atom. The van der Waals surface area contributed by atoms with Gasteiger partial charge in [-0.25, -0.2) is 10.2 Å². The smallest absolute Gasteiger partial charge is 0.339 e. The number of aryl methyl sites for hydroxylation is 1. The highest BCUT2D eigenvalue weighted by Crippen LogP contribution is 2.29. The zero-order valence-corrected chi connectivity index (χ0v) is 21.0. The predicted molar refractivity (Wildman–Crippen MR) is 139 cm³/mol. The van der Waals surface area contributed by atoms with Crippen molar-refractivity contribution in [1.29, 1.82) is 0 Å². The van der Waals surface area contributed by atoms with E-state index in [4.69, 9.17) is 16.3 Å². The number of carbonyl (C=O) groups excluding carboxylic acids is 1. The van der Waals surface area contributed by atoms with Crippen molar-refractivity contribution in [2.24, 2.45) is 5.10 Å². The van der Waals surface area contributed by atoms with Gasteiger partial charge in [0, 0.05) is 10.7 Å². The van der Waals surface area contributed by atoms with E-state index in [1.54, 1.807) is 6.21 Å². The Morgan fingerprint density at radius 3 is 2.43 bits per heavy atom. The highest BCUT2D eigenvalue weighted by Gasteiger charge is 2.09. The molecule has 0 aliphatic heterocycles. The summed E-state index contributed by atoms with van der Waals surface area (Å²) >= 11 is 10.4. The van der Waals surface area contributed by atoms with Gasteiger partial charge < -0.3 is 10.1 Å². The lowest BCUT2D eigenvalue weighted by Crippen LogP contribution is -2.24. The Morgan fingerprint density at radius 2 is 1.77 bits per heavy atom. The number of ether oxygens (including phenoxy) is 1. The molecule has 0 saturated heterocycles. The van der Waals surface area contributed by atoms with Gasteiger partial charge in [-0.3, -0.25) is 0 Å². The van der Waals surface area contributed by atoms with Crippen molar-refractivity contribution in [2.45, 2.75) is 13.5 Å². The molecule has 0 aliphatic carbocycles. The number of amides is 2. The van der Waals surface area contributed by atoms with Crippen molar-refractivity contribution in [3.63, 3.8) is 0 Å². The monoisotopic (exact) mass is 645 g/mol. The Balaban J connectivity index is 1.59. The summed E-state index contributed by atoms with van der Waals surface area (Å²) in [7, 11) is 0. The van der Waals surface area contributed by atoms with Gasteiger partial charge in [0.25, 0.3) is 0 Å². The number of anilines is 1. The SMILES string of the molecule is Cc1ccccc1NC(=O)NN=Cc1cc(I)c(OCc2ccc(Cl)cc2)c(I)c1. The third-order valence-corrected chi connectivity index (χ3v) is 5.94. The maximum atomic E-state index is 12.0. The number of carbonyl (C=O) groups is 1. The van der Waals surface area contributed by atoms with E-state index in [0.29, 0.717) is 11.6 Å². The number of nitrogens with zero attached hydrogens (tertiary/aromatic N) is 1. The molecule has 0 atom stereocenters. The number of nitrogens with one attached hydrogen (secondary N) is 2. The van der Waals surface area contributed by atoms with E-state index in [-0.39, 0.29) is 0 Å². The first kappa shape index (κ1) is 22.8. The molecule has 0 heterocycles. The molecule has 0 fully saturated rings. The lowest BCUT2D eigenvalue weighted by atomic mass is 10.2. The Labute approximate surface area is 207 Å². The van der Waals surface area contributed by atoms with Gasteiger partial charge in [0.2, 0.25) is 0 Å². The maximum Gasteiger partial charge on any atom is 0.339 e. The van der Waals surface area contributed by atoms with E-state index >= 15 is 0 Å². The summed E-state index contributed by atoms with van der Waals surface area (Å²) in [6.07, 6.45) is 1.60. The summed E-state index contributed by atoms with van der Waals surface area (Å²) in [6.45, 7) is 2.39. The number of benzene rings is 3. The zero-order chi connectivity index (χ0) is 21.5. The van der Waals surface area contributed by atoms with Crippen LogP contribution in [0.1, 0.15) is 16.7 Å². The average Bonchev–Trinajstić information content (AvgIpc) is 2.70. The van der Waals surface area contributed by atoms with Crippen LogP contribution in [0.2, 0.25) is 5.02 Å². The van der Waals surface area contributed by atoms with Crippen LogP contribution in [0, 0.1) is 14.1 Å². The molecule has 0 saturated carbocycles. The standard InChI is InChI=1S/C22H18ClI2N3O2/c1-14-4-2-3-5-20(14)27-22(29)28-26-12-16-10-18(24)21(19(25)11-16)30-13-15-6-8-17(23)9-7-15/h2-12H,13H2,1H3,(H2,27,28,29). The van der Waals surface area contributed by atoms with Gasteiger partial charge in [-0.15, -0.1) is 0 Å². The van der Waals surface area contributed by atoms with Crippen LogP contribution in [0.15, 0.2) is 65.8 Å². The molecule has 0 spiro atoms. The average molecular weight is 646 g/mol. The minimum absolute atomic E-state index is 0.395. The lowest BCUT2D eigenvalue weighted by molar-refractivity contribution is 0.252. The second-order valence-corrected chi connectivity index (χ2v) is 9.13. The molecule has 2 N–H and O–H groups in total. The fraction of sp³-hybridized carbons (Fsp3) is 0.0909. The van der Waals surface area contributed by atoms with Gasteiger partial charge in [-0.2, -0.15) is 5.10 Å². The molecular weight excluding hydrogens is 628 g/mol. The van der Waals surface area contributed by atoms with Crippen LogP contribution in [0.5, 0.6) is 5.75 Å². The van der Waals surface area contributed by atoms with Crippen LogP contribution in [-0.4, -0.2) is 12.2 Å². The molecule has 0 unspecified atom stereocenters. The van der Waals surface area contributed by atoms with Crippen molar-refractivity contribution in [2.75, 3.05) is 5.32 Å². The molecule has 5 nitrogen and oxygen atoms in total. The normalized spacial score (nSPS) is 10.8. The fourth-order valence-corrected chi connectivity index (χ4v) is 4.81. The van der Waals surface area contributed by atoms with E-state index in [2.05, 4.69) is 61.0 Å². The van der Waals surface area contributed by atoms with Gasteiger partial charge in [0.05, 0.1) is 13.4 Å². The van der Waals surface area contributed by atoms with Crippen LogP contribution >= 0.6 is 56.8 Å². The molecule has 8 heteroatoms. The van der Waals surface area contributed by atoms with Gasteiger partial charge in [0.15, 0.2) is 0 Å². The van der Waals surface area contributed by atoms with Crippen molar-refractivity contribution in [3.05, 3.63) is 89.5 Å². The first-order chi connectivity index (χ1) is 14.4. The number of urea groups is 1. The van der Waals surface area contributed by atoms with Crippen molar-refractivity contribution < 1.29 is 9.53 Å². The van der Waals surface area contributed by atoms with Crippen LogP contribution in [0.25, 0.3) is 0 Å². The summed E-state index contributed by atoms with van der Waals surface area (Å²) in [5.74, 6) is 0.813. The minimum Gasteiger partial charge on any atom is -0.487 e. The Hall–Kier alpha value is -1.85. The quantitative estimate of drug-likeness (QED) is 0.181. The molecule has 0 aliphatic rings. The number of para-hydroxylation sites is 1. The number of hydrazone groups is 1. The number of hydrogen-bond acceptors (Lipinski definition) is 3. The van der Waals surface area contributed by atoms with E-state index in [0.717, 1.165) is 35.3 Å². The van der Waals surface area contributed by atoms with Crippen LogP contribution < -0.4 is 15.5 Å². The van der Waals surface area contributed by atoms with Crippen molar-refractivity contribution >= 4 is 74.7 Å². The molecule has 3 rings (SSSR count). The summed E-state index contributed by atoms with van der Waals surface area (Å²) in [6, 6.07) is 18.6. The van der Waals surface area contributed by atoms with E-state index in [1.165, 1.54) is 0 Å². The largest absolute Gasteiger partial charge is 0.487 e. The summed E-state index contributed by atoms with van der Waals surface area (Å²) in [5, 5.41) is 7.50. The lowest BCUT2D eigenvalue weighted by Gasteiger charge is -2.11. The third-order valence-electron chi connectivity index (χ3n) is 4.09. The minimum atomic E-state index is -0.395. The highest BCUT2D eigenvalue weighted by molar-refractivity contribution is 14.1. The Bertz CT molecular complexity index is 1050. The zero-order valence-electron chi connectivity index (χ0n) is 16.0. The van der Waals surface area contributed by atoms with Gasteiger partial charge in [-0.1, -0.05) is 41.9 Å². The molecule has 3 aromatic carbocycles. The molecular formula is C22H18ClI2N3O2. The topological polar surface area (TPSA) is 62.7 Å². The second kappa shape index (κ2) is 11.0. The molecule has 0 radical (unpaired) electrons.